The van der Waals surface area contributed by atoms with E-state index < -0.39 is 40.0 Å². The fourth-order valence-electron chi connectivity index (χ4n) is 3.05. The van der Waals surface area contributed by atoms with E-state index in [0.29, 0.717) is 0 Å². The van der Waals surface area contributed by atoms with Gasteiger partial charge in [-0.15, -0.1) is 0 Å². The van der Waals surface area contributed by atoms with E-state index in [9.17, 15) is 18.0 Å². The summed E-state index contributed by atoms with van der Waals surface area (Å²) in [6.07, 6.45) is -0.479. The van der Waals surface area contributed by atoms with Gasteiger partial charge in [0.15, 0.2) is 0 Å². The first-order valence-electron chi connectivity index (χ1n) is 11.3. The Morgan fingerprint density at radius 2 is 1.72 bits per heavy atom. The molecule has 2 N–H and O–H groups in total. The zero-order valence-electron chi connectivity index (χ0n) is 21.5. The van der Waals surface area contributed by atoms with Crippen molar-refractivity contribution in [2.75, 3.05) is 32.8 Å². The van der Waals surface area contributed by atoms with E-state index >= 15 is 0 Å². The van der Waals surface area contributed by atoms with Gasteiger partial charge in [-0.3, -0.25) is 9.59 Å². The van der Waals surface area contributed by atoms with Crippen molar-refractivity contribution in [2.24, 2.45) is 0 Å². The van der Waals surface area contributed by atoms with Crippen molar-refractivity contribution < 1.29 is 32.2 Å². The third kappa shape index (κ3) is 9.14. The average molecular weight is 522 g/mol. The van der Waals surface area contributed by atoms with Gasteiger partial charge < -0.3 is 24.4 Å². The maximum atomic E-state index is 13.5. The number of esters is 1. The number of ether oxygens (including phenoxy) is 3. The van der Waals surface area contributed by atoms with Crippen LogP contribution in [-0.4, -0.2) is 59.9 Å². The van der Waals surface area contributed by atoms with Gasteiger partial charge in [0, 0.05) is 33.0 Å². The summed E-state index contributed by atoms with van der Waals surface area (Å²) in [4.78, 5) is 26.7. The average Bonchev–Trinajstić information content (AvgIpc) is 2.80. The summed E-state index contributed by atoms with van der Waals surface area (Å²) in [5.74, 6) is -1.36. The summed E-state index contributed by atoms with van der Waals surface area (Å²) in [6.45, 7) is 5.00. The van der Waals surface area contributed by atoms with Crippen molar-refractivity contribution in [3.63, 3.8) is 0 Å². The number of hydrogen-bond donors (Lipinski definition) is 2. The smallest absolute Gasteiger partial charge is 0.325 e. The highest BCUT2D eigenvalue weighted by Crippen LogP contribution is 2.30. The minimum Gasteiger partial charge on any atom is -0.487 e. The molecule has 0 aliphatic rings. The van der Waals surface area contributed by atoms with Gasteiger partial charge in [-0.05, 0) is 38.5 Å². The van der Waals surface area contributed by atoms with Gasteiger partial charge in [-0.25, -0.2) is 8.42 Å². The number of rotatable bonds is 12. The molecule has 0 aliphatic heterocycles. The molecule has 198 valence electrons. The Labute approximate surface area is 213 Å². The largest absolute Gasteiger partial charge is 0.487 e. The highest BCUT2D eigenvalue weighted by molar-refractivity contribution is 7.89. The van der Waals surface area contributed by atoms with Crippen molar-refractivity contribution in [2.45, 2.75) is 50.3 Å². The molecule has 0 saturated heterocycles. The Kier molecular flexibility index (Phi) is 10.3. The van der Waals surface area contributed by atoms with E-state index in [-0.39, 0.29) is 24.0 Å². The third-order valence-corrected chi connectivity index (χ3v) is 6.27. The molecule has 0 spiro atoms. The maximum absolute atomic E-state index is 13.5. The van der Waals surface area contributed by atoms with E-state index in [2.05, 4.69) is 10.0 Å². The Morgan fingerprint density at radius 3 is 2.31 bits per heavy atom. The first kappa shape index (κ1) is 29.1. The number of carbonyl (C=O) groups is 2. The second kappa shape index (κ2) is 12.7. The number of sulfonamides is 1. The SMILES string of the molecule is COCNC(=O)C[C@H](NS(=O)(=O)c1ccc(N(C)C)cc1OCc1ccccc1)C(=O)OC(C)(C)C. The number of amides is 1. The molecule has 0 heterocycles. The van der Waals surface area contributed by atoms with Crippen LogP contribution in [0.25, 0.3) is 0 Å². The van der Waals surface area contributed by atoms with Crippen LogP contribution < -0.4 is 19.7 Å². The van der Waals surface area contributed by atoms with Gasteiger partial charge in [0.05, 0.1) is 6.42 Å². The Hall–Kier alpha value is -3.15. The molecule has 0 aliphatic carbocycles. The Balaban J connectivity index is 2.38. The Bertz CT molecular complexity index is 1130. The van der Waals surface area contributed by atoms with Crippen molar-refractivity contribution in [1.82, 2.24) is 10.0 Å². The molecule has 2 aromatic rings. The third-order valence-electron chi connectivity index (χ3n) is 4.76. The molecule has 2 rings (SSSR count). The quantitative estimate of drug-likeness (QED) is 0.323. The zero-order chi connectivity index (χ0) is 26.9. The van der Waals surface area contributed by atoms with Crippen LogP contribution in [0.5, 0.6) is 5.75 Å². The lowest BCUT2D eigenvalue weighted by Crippen LogP contribution is -2.47. The van der Waals surface area contributed by atoms with Gasteiger partial charge in [-0.2, -0.15) is 4.72 Å². The van der Waals surface area contributed by atoms with Crippen molar-refractivity contribution in [3.8, 4) is 5.75 Å². The van der Waals surface area contributed by atoms with Crippen LogP contribution in [0.3, 0.4) is 0 Å². The lowest BCUT2D eigenvalue weighted by atomic mass is 10.1. The van der Waals surface area contributed by atoms with E-state index in [4.69, 9.17) is 14.2 Å². The zero-order valence-corrected chi connectivity index (χ0v) is 22.3. The van der Waals surface area contributed by atoms with Crippen molar-refractivity contribution in [3.05, 3.63) is 54.1 Å². The van der Waals surface area contributed by atoms with E-state index in [1.807, 2.05) is 49.3 Å². The Morgan fingerprint density at radius 1 is 1.06 bits per heavy atom. The monoisotopic (exact) mass is 521 g/mol. The second-order valence-electron chi connectivity index (χ2n) is 9.24. The lowest BCUT2D eigenvalue weighted by Gasteiger charge is -2.25. The van der Waals surface area contributed by atoms with E-state index in [0.717, 1.165) is 11.3 Å². The highest BCUT2D eigenvalue weighted by Gasteiger charge is 2.33. The summed E-state index contributed by atoms with van der Waals surface area (Å²) in [5.41, 5.74) is 0.686. The fourth-order valence-corrected chi connectivity index (χ4v) is 4.36. The number of nitrogens with one attached hydrogen (secondary N) is 2. The predicted octanol–water partition coefficient (Wildman–Crippen LogP) is 2.43. The number of hydrogen-bond acceptors (Lipinski definition) is 8. The van der Waals surface area contributed by atoms with Crippen molar-refractivity contribution >= 4 is 27.6 Å². The number of anilines is 1. The predicted molar refractivity (Wildman–Crippen MR) is 136 cm³/mol. The molecule has 10 nitrogen and oxygen atoms in total. The molecule has 0 saturated carbocycles. The molecule has 0 radical (unpaired) electrons. The van der Waals surface area contributed by atoms with Gasteiger partial charge in [-0.1, -0.05) is 30.3 Å². The van der Waals surface area contributed by atoms with Crippen LogP contribution >= 0.6 is 0 Å². The number of benzene rings is 2. The van der Waals surface area contributed by atoms with Crippen LogP contribution in [-0.2, 0) is 35.7 Å². The van der Waals surface area contributed by atoms with Crippen LogP contribution in [0.15, 0.2) is 53.4 Å². The molecular weight excluding hydrogens is 486 g/mol. The lowest BCUT2D eigenvalue weighted by molar-refractivity contribution is -0.158. The molecule has 1 atom stereocenters. The van der Waals surface area contributed by atoms with Crippen LogP contribution in [0.4, 0.5) is 5.69 Å². The summed E-state index contributed by atoms with van der Waals surface area (Å²) in [5, 5.41) is 2.44. The first-order valence-corrected chi connectivity index (χ1v) is 12.8. The molecule has 11 heteroatoms. The topological polar surface area (TPSA) is 123 Å². The highest BCUT2D eigenvalue weighted by atomic mass is 32.2. The maximum Gasteiger partial charge on any atom is 0.325 e. The van der Waals surface area contributed by atoms with Crippen LogP contribution in [0.2, 0.25) is 0 Å². The fraction of sp³-hybridized carbons (Fsp3) is 0.440. The first-order chi connectivity index (χ1) is 16.8. The molecule has 36 heavy (non-hydrogen) atoms. The van der Waals surface area contributed by atoms with Crippen LogP contribution in [0.1, 0.15) is 32.8 Å². The molecule has 0 fully saturated rings. The van der Waals surface area contributed by atoms with Gasteiger partial charge in [0.2, 0.25) is 15.9 Å². The van der Waals surface area contributed by atoms with Gasteiger partial charge in [0.25, 0.3) is 0 Å². The number of nitrogens with zero attached hydrogens (tertiary/aromatic N) is 1. The summed E-state index contributed by atoms with van der Waals surface area (Å²) in [7, 11) is 0.721. The summed E-state index contributed by atoms with van der Waals surface area (Å²) in [6, 6.07) is 12.5. The molecule has 0 bridgehead atoms. The standard InChI is InChI=1S/C25H35N3O7S/c1-25(2,3)35-24(30)20(15-23(29)26-17-33-6)27-36(31,32)22-13-12-19(28(4)5)14-21(22)34-16-18-10-8-7-9-11-18/h7-14,20,27H,15-17H2,1-6H3,(H,26,29)/t20-/m0/s1. The molecule has 0 aromatic heterocycles. The number of carbonyl (C=O) groups excluding carboxylic acids is 2. The molecule has 1 amide bonds. The molecule has 0 unspecified atom stereocenters. The summed E-state index contributed by atoms with van der Waals surface area (Å²) < 4.78 is 45.3. The molecule has 2 aromatic carbocycles. The minimum absolute atomic E-state index is 0.0872. The van der Waals surface area contributed by atoms with Gasteiger partial charge in [0.1, 0.15) is 35.6 Å². The van der Waals surface area contributed by atoms with E-state index in [1.165, 1.54) is 13.2 Å². The van der Waals surface area contributed by atoms with Gasteiger partial charge >= 0.3 is 5.97 Å². The van der Waals surface area contributed by atoms with Crippen LogP contribution in [0, 0.1) is 0 Å². The second-order valence-corrected chi connectivity index (χ2v) is 10.9. The normalized spacial score (nSPS) is 12.5. The van der Waals surface area contributed by atoms with Crippen molar-refractivity contribution in [1.29, 1.82) is 0 Å². The summed E-state index contributed by atoms with van der Waals surface area (Å²) >= 11 is 0. The minimum atomic E-state index is -4.31. The van der Waals surface area contributed by atoms with E-state index in [1.54, 1.807) is 32.9 Å². The number of methoxy groups -OCH3 is 1. The molecular formula is C25H35N3O7S.